The molecule has 172 valence electrons. The van der Waals surface area contributed by atoms with E-state index in [4.69, 9.17) is 0 Å². The monoisotopic (exact) mass is 474 g/mol. The number of H-pyrrole nitrogens is 1. The largest absolute Gasteiger partial charge is 0.321 e. The molecule has 0 aliphatic heterocycles. The quantitative estimate of drug-likeness (QED) is 0.328. The van der Waals surface area contributed by atoms with Crippen LogP contribution in [-0.2, 0) is 6.54 Å². The van der Waals surface area contributed by atoms with E-state index in [0.717, 1.165) is 32.9 Å². The summed E-state index contributed by atoms with van der Waals surface area (Å²) in [5.41, 5.74) is 3.17. The van der Waals surface area contributed by atoms with Gasteiger partial charge in [0.1, 0.15) is 16.5 Å². The molecule has 3 heterocycles. The molecule has 0 bridgehead atoms. The fourth-order valence-corrected chi connectivity index (χ4v) is 4.77. The molecule has 5 rings (SSSR count). The third-order valence-electron chi connectivity index (χ3n) is 5.54. The number of anilines is 1. The summed E-state index contributed by atoms with van der Waals surface area (Å²) in [6, 6.07) is 15.7. The van der Waals surface area contributed by atoms with Crippen molar-refractivity contribution < 1.29 is 9.18 Å². The van der Waals surface area contributed by atoms with E-state index in [-0.39, 0.29) is 17.6 Å². The number of nitrogens with one attached hydrogen (secondary N) is 2. The van der Waals surface area contributed by atoms with Crippen molar-refractivity contribution in [2.24, 2.45) is 0 Å². The number of hydrogen-bond acceptors (Lipinski definition) is 5. The number of aromatic amines is 1. The second-order valence-corrected chi connectivity index (χ2v) is 9.43. The van der Waals surface area contributed by atoms with Crippen LogP contribution in [0.5, 0.6) is 0 Å². The average molecular weight is 475 g/mol. The Morgan fingerprint density at radius 3 is 2.68 bits per heavy atom. The Morgan fingerprint density at radius 1 is 1.18 bits per heavy atom. The first-order chi connectivity index (χ1) is 16.4. The number of aromatic nitrogens is 5. The highest BCUT2D eigenvalue weighted by Crippen LogP contribution is 2.31. The first kappa shape index (κ1) is 22.0. The number of carbonyl (C=O) groups excluding carboxylic acids is 1. The van der Waals surface area contributed by atoms with Crippen LogP contribution in [0.25, 0.3) is 21.6 Å². The van der Waals surface area contributed by atoms with Crippen LogP contribution >= 0.6 is 11.3 Å². The number of nitrogens with zero attached hydrogens (tertiary/aromatic N) is 4. The summed E-state index contributed by atoms with van der Waals surface area (Å²) in [4.78, 5) is 19.2. The highest BCUT2D eigenvalue weighted by molar-refractivity contribution is 7.20. The zero-order valence-corrected chi connectivity index (χ0v) is 19.8. The van der Waals surface area contributed by atoms with E-state index in [1.54, 1.807) is 12.1 Å². The van der Waals surface area contributed by atoms with Crippen molar-refractivity contribution in [3.63, 3.8) is 0 Å². The molecule has 2 aromatic carbocycles. The van der Waals surface area contributed by atoms with E-state index >= 15 is 0 Å². The van der Waals surface area contributed by atoms with E-state index in [9.17, 15) is 9.18 Å². The van der Waals surface area contributed by atoms with Crippen LogP contribution in [0.15, 0.2) is 54.6 Å². The molecule has 34 heavy (non-hydrogen) atoms. The van der Waals surface area contributed by atoms with Gasteiger partial charge in [0.2, 0.25) is 0 Å². The fourth-order valence-electron chi connectivity index (χ4n) is 3.72. The second kappa shape index (κ2) is 8.83. The summed E-state index contributed by atoms with van der Waals surface area (Å²) in [5, 5.41) is 15.8. The van der Waals surface area contributed by atoms with Crippen LogP contribution in [0.4, 0.5) is 10.1 Å². The van der Waals surface area contributed by atoms with Gasteiger partial charge in [0.15, 0.2) is 5.82 Å². The van der Waals surface area contributed by atoms with Gasteiger partial charge in [-0.15, -0.1) is 11.3 Å². The first-order valence-electron chi connectivity index (χ1n) is 10.9. The minimum atomic E-state index is -0.272. The zero-order valence-electron chi connectivity index (χ0n) is 19.0. The van der Waals surface area contributed by atoms with Crippen molar-refractivity contribution >= 4 is 33.1 Å². The molecule has 3 aromatic heterocycles. The molecular weight excluding hydrogens is 451 g/mol. The summed E-state index contributed by atoms with van der Waals surface area (Å²) in [5.74, 6) is 1.08. The van der Waals surface area contributed by atoms with Gasteiger partial charge in [-0.25, -0.2) is 9.37 Å². The van der Waals surface area contributed by atoms with Crippen LogP contribution in [0.3, 0.4) is 0 Å². The van der Waals surface area contributed by atoms with E-state index in [1.165, 1.54) is 23.5 Å². The van der Waals surface area contributed by atoms with Crippen molar-refractivity contribution in [2.45, 2.75) is 33.2 Å². The number of para-hydroxylation sites is 1. The Kier molecular flexibility index (Phi) is 5.70. The number of aryl methyl sites for hydroxylation is 1. The molecule has 2 N–H and O–H groups in total. The van der Waals surface area contributed by atoms with Gasteiger partial charge in [-0.3, -0.25) is 14.6 Å². The fraction of sp³-hybridized carbons (Fsp3) is 0.200. The van der Waals surface area contributed by atoms with Gasteiger partial charge in [-0.1, -0.05) is 38.1 Å². The molecule has 1 amide bonds. The number of rotatable bonds is 6. The third-order valence-corrected chi connectivity index (χ3v) is 6.69. The molecule has 0 atom stereocenters. The van der Waals surface area contributed by atoms with Crippen molar-refractivity contribution in [2.75, 3.05) is 5.32 Å². The van der Waals surface area contributed by atoms with Gasteiger partial charge in [0.05, 0.1) is 22.8 Å². The Balaban J connectivity index is 1.42. The average Bonchev–Trinajstić information content (AvgIpc) is 3.54. The lowest BCUT2D eigenvalue weighted by Crippen LogP contribution is -2.11. The minimum absolute atomic E-state index is 0.207. The van der Waals surface area contributed by atoms with E-state index in [0.29, 0.717) is 22.9 Å². The molecule has 5 aromatic rings. The van der Waals surface area contributed by atoms with Crippen molar-refractivity contribution in [3.8, 4) is 11.4 Å². The van der Waals surface area contributed by atoms with E-state index in [1.807, 2.05) is 55.8 Å². The van der Waals surface area contributed by atoms with Crippen molar-refractivity contribution in [3.05, 3.63) is 82.4 Å². The smallest absolute Gasteiger partial charge is 0.265 e. The van der Waals surface area contributed by atoms with E-state index < -0.39 is 0 Å². The van der Waals surface area contributed by atoms with Gasteiger partial charge in [0, 0.05) is 16.9 Å². The molecule has 0 radical (unpaired) electrons. The second-order valence-electron chi connectivity index (χ2n) is 8.40. The third kappa shape index (κ3) is 4.22. The molecule has 0 fully saturated rings. The maximum atomic E-state index is 13.3. The van der Waals surface area contributed by atoms with Gasteiger partial charge in [-0.05, 0) is 42.8 Å². The first-order valence-corrected chi connectivity index (χ1v) is 11.7. The summed E-state index contributed by atoms with van der Waals surface area (Å²) < 4.78 is 15.1. The van der Waals surface area contributed by atoms with E-state index in [2.05, 4.69) is 25.6 Å². The maximum absolute atomic E-state index is 13.3. The number of benzene rings is 2. The standard InChI is InChI=1S/C25H23FN6OS/c1-14(2)22-28-23(30-29-22)18-6-4-5-7-20(18)27-24(33)21-12-19-15(3)31-32(25(19)34-21)13-16-8-10-17(26)11-9-16/h4-12,14H,13H2,1-3H3,(H,27,33)(H,28,29,30). The molecule has 0 saturated carbocycles. The van der Waals surface area contributed by atoms with Crippen LogP contribution in [0.1, 0.15) is 46.5 Å². The molecule has 0 aliphatic carbocycles. The summed E-state index contributed by atoms with van der Waals surface area (Å²) in [7, 11) is 0. The molecule has 0 aliphatic rings. The van der Waals surface area contributed by atoms with Gasteiger partial charge in [-0.2, -0.15) is 10.2 Å². The topological polar surface area (TPSA) is 88.5 Å². The molecule has 0 spiro atoms. The Hall–Kier alpha value is -3.85. The molecule has 0 saturated heterocycles. The van der Waals surface area contributed by atoms with Crippen molar-refractivity contribution in [1.82, 2.24) is 25.0 Å². The lowest BCUT2D eigenvalue weighted by Gasteiger charge is -2.08. The summed E-state index contributed by atoms with van der Waals surface area (Å²) in [6.45, 7) is 6.50. The predicted octanol–water partition coefficient (Wildman–Crippen LogP) is 5.75. The predicted molar refractivity (Wildman–Crippen MR) is 132 cm³/mol. The Bertz CT molecular complexity index is 1480. The normalized spacial score (nSPS) is 11.4. The lowest BCUT2D eigenvalue weighted by atomic mass is 10.1. The SMILES string of the molecule is Cc1nn(Cc2ccc(F)cc2)c2sc(C(=O)Nc3ccccc3-c3n[nH]c(C(C)C)n3)cc12. The van der Waals surface area contributed by atoms with Crippen molar-refractivity contribution in [1.29, 1.82) is 0 Å². The number of halogens is 1. The minimum Gasteiger partial charge on any atom is -0.321 e. The van der Waals surface area contributed by atoms with Crippen LogP contribution in [0.2, 0.25) is 0 Å². The molecule has 7 nitrogen and oxygen atoms in total. The highest BCUT2D eigenvalue weighted by atomic mass is 32.1. The van der Waals surface area contributed by atoms with Gasteiger partial charge in [0.25, 0.3) is 5.91 Å². The Morgan fingerprint density at radius 2 is 1.94 bits per heavy atom. The summed E-state index contributed by atoms with van der Waals surface area (Å²) >= 11 is 1.38. The number of hydrogen-bond donors (Lipinski definition) is 2. The van der Waals surface area contributed by atoms with Crippen LogP contribution < -0.4 is 5.32 Å². The molecular formula is C25H23FN6OS. The molecule has 9 heteroatoms. The molecule has 0 unspecified atom stereocenters. The Labute approximate surface area is 199 Å². The maximum Gasteiger partial charge on any atom is 0.265 e. The number of fused-ring (bicyclic) bond motifs is 1. The highest BCUT2D eigenvalue weighted by Gasteiger charge is 2.19. The number of amides is 1. The van der Waals surface area contributed by atoms with Crippen LogP contribution in [-0.4, -0.2) is 30.9 Å². The van der Waals surface area contributed by atoms with Gasteiger partial charge >= 0.3 is 0 Å². The number of thiophene rings is 1. The van der Waals surface area contributed by atoms with Crippen LogP contribution in [0, 0.1) is 12.7 Å². The number of carbonyl (C=O) groups is 1. The lowest BCUT2D eigenvalue weighted by molar-refractivity contribution is 0.103. The summed E-state index contributed by atoms with van der Waals surface area (Å²) in [6.07, 6.45) is 0. The zero-order chi connectivity index (χ0) is 23.8. The van der Waals surface area contributed by atoms with Gasteiger partial charge < -0.3 is 5.32 Å².